The van der Waals surface area contributed by atoms with E-state index in [1.165, 1.54) is 50.6 Å². The Morgan fingerprint density at radius 2 is 1.33 bits per heavy atom. The first-order valence-corrected chi connectivity index (χ1v) is 7.47. The molecule has 0 unspecified atom stereocenters. The first-order chi connectivity index (χ1) is 5.85. The van der Waals surface area contributed by atoms with Crippen LogP contribution in [-0.4, -0.2) is 18.5 Å². The number of hydrogen-bond acceptors (Lipinski definition) is 0. The molecule has 0 spiro atoms. The third-order valence-electron chi connectivity index (χ3n) is 2.47. The Kier molecular flexibility index (Phi) is 9.86. The van der Waals surface area contributed by atoms with Crippen molar-refractivity contribution in [2.45, 2.75) is 52.9 Å². The normalized spacial score (nSPS) is 11.0. The second-order valence-corrected chi connectivity index (χ2v) is 6.49. The lowest BCUT2D eigenvalue weighted by molar-refractivity contribution is 0.658. The van der Waals surface area contributed by atoms with Crippen LogP contribution in [0.5, 0.6) is 0 Å². The highest BCUT2D eigenvalue weighted by molar-refractivity contribution is 7.57. The van der Waals surface area contributed by atoms with Crippen molar-refractivity contribution in [3.8, 4) is 0 Å². The fraction of sp³-hybridized carbons (Fsp3) is 1.00. The molecule has 0 saturated carbocycles. The van der Waals surface area contributed by atoms with Crippen molar-refractivity contribution in [3.05, 3.63) is 0 Å². The molecule has 0 atom stereocenters. The maximum atomic E-state index is 2.35. The molecule has 1 heteroatoms. The Hall–Kier alpha value is 0.430. The van der Waals surface area contributed by atoms with E-state index in [1.807, 2.05) is 0 Å². The lowest BCUT2D eigenvalue weighted by Crippen LogP contribution is -1.90. The van der Waals surface area contributed by atoms with Crippen molar-refractivity contribution in [1.82, 2.24) is 0 Å². The second kappa shape index (κ2) is 9.52. The van der Waals surface area contributed by atoms with Crippen molar-refractivity contribution in [2.75, 3.05) is 18.5 Å². The maximum absolute atomic E-state index is 2.35. The molecular formula is C11H25P. The van der Waals surface area contributed by atoms with Crippen LogP contribution in [0.15, 0.2) is 0 Å². The SMILES string of the molecule is CCCCCCCP(CC)CC. The number of hydrogen-bond donors (Lipinski definition) is 0. The molecular weight excluding hydrogens is 163 g/mol. The molecule has 0 bridgehead atoms. The summed E-state index contributed by atoms with van der Waals surface area (Å²) in [5, 5.41) is 0. The van der Waals surface area contributed by atoms with E-state index < -0.39 is 0 Å². The summed E-state index contributed by atoms with van der Waals surface area (Å²) in [7, 11) is 0.423. The van der Waals surface area contributed by atoms with Gasteiger partial charge in [0.05, 0.1) is 0 Å². The van der Waals surface area contributed by atoms with Gasteiger partial charge in [0.25, 0.3) is 0 Å². The van der Waals surface area contributed by atoms with Gasteiger partial charge < -0.3 is 0 Å². The molecule has 0 aromatic carbocycles. The summed E-state index contributed by atoms with van der Waals surface area (Å²) in [4.78, 5) is 0. The van der Waals surface area contributed by atoms with E-state index in [9.17, 15) is 0 Å². The smallest absolute Gasteiger partial charge is 0.0326 e. The maximum Gasteiger partial charge on any atom is -0.0326 e. The topological polar surface area (TPSA) is 0 Å². The van der Waals surface area contributed by atoms with E-state index in [1.54, 1.807) is 0 Å². The Balaban J connectivity index is 3.06. The third-order valence-corrected chi connectivity index (χ3v) is 5.21. The summed E-state index contributed by atoms with van der Waals surface area (Å²) < 4.78 is 0. The molecule has 12 heavy (non-hydrogen) atoms. The van der Waals surface area contributed by atoms with Crippen LogP contribution in [0.4, 0.5) is 0 Å². The number of unbranched alkanes of at least 4 members (excludes halogenated alkanes) is 4. The molecule has 0 rings (SSSR count). The van der Waals surface area contributed by atoms with Crippen LogP contribution < -0.4 is 0 Å². The molecule has 0 aliphatic heterocycles. The average Bonchev–Trinajstić information content (AvgIpc) is 2.11. The van der Waals surface area contributed by atoms with Gasteiger partial charge in [0.2, 0.25) is 0 Å². The predicted octanol–water partition coefficient (Wildman–Crippen LogP) is 4.48. The molecule has 0 N–H and O–H groups in total. The van der Waals surface area contributed by atoms with Gasteiger partial charge in [-0.1, -0.05) is 46.5 Å². The van der Waals surface area contributed by atoms with Gasteiger partial charge in [-0.25, -0.2) is 0 Å². The molecule has 0 aromatic rings. The van der Waals surface area contributed by atoms with Gasteiger partial charge in [0.1, 0.15) is 0 Å². The lowest BCUT2D eigenvalue weighted by Gasteiger charge is -2.12. The van der Waals surface area contributed by atoms with Gasteiger partial charge in [-0.15, -0.1) is 7.92 Å². The molecule has 0 radical (unpaired) electrons. The van der Waals surface area contributed by atoms with E-state index in [0.717, 1.165) is 0 Å². The van der Waals surface area contributed by atoms with Crippen molar-refractivity contribution < 1.29 is 0 Å². The van der Waals surface area contributed by atoms with Gasteiger partial charge in [-0.3, -0.25) is 0 Å². The van der Waals surface area contributed by atoms with Crippen LogP contribution in [0.25, 0.3) is 0 Å². The van der Waals surface area contributed by atoms with Crippen molar-refractivity contribution in [2.24, 2.45) is 0 Å². The zero-order valence-corrected chi connectivity index (χ0v) is 10.00. The molecule has 0 aromatic heterocycles. The van der Waals surface area contributed by atoms with Gasteiger partial charge in [0.15, 0.2) is 0 Å². The molecule has 0 amide bonds. The quantitative estimate of drug-likeness (QED) is 0.389. The van der Waals surface area contributed by atoms with Crippen LogP contribution in [-0.2, 0) is 0 Å². The summed E-state index contributed by atoms with van der Waals surface area (Å²) in [6.45, 7) is 6.98. The van der Waals surface area contributed by atoms with Crippen molar-refractivity contribution in [1.29, 1.82) is 0 Å². The third kappa shape index (κ3) is 7.10. The molecule has 0 heterocycles. The van der Waals surface area contributed by atoms with Crippen molar-refractivity contribution in [3.63, 3.8) is 0 Å². The average molecular weight is 188 g/mol. The van der Waals surface area contributed by atoms with E-state index >= 15 is 0 Å². The van der Waals surface area contributed by atoms with Gasteiger partial charge >= 0.3 is 0 Å². The van der Waals surface area contributed by atoms with Gasteiger partial charge in [0, 0.05) is 0 Å². The highest BCUT2D eigenvalue weighted by Gasteiger charge is 2.00. The minimum Gasteiger partial charge on any atom is -0.107 e. The van der Waals surface area contributed by atoms with E-state index in [-0.39, 0.29) is 0 Å². The standard InChI is InChI=1S/C11H25P/c1-4-7-8-9-10-11-12(5-2)6-3/h4-11H2,1-3H3. The Bertz CT molecular complexity index is 77.1. The van der Waals surface area contributed by atoms with Gasteiger partial charge in [-0.2, -0.15) is 0 Å². The summed E-state index contributed by atoms with van der Waals surface area (Å²) in [6, 6.07) is 0. The fourth-order valence-corrected chi connectivity index (χ4v) is 3.23. The summed E-state index contributed by atoms with van der Waals surface area (Å²) in [5.74, 6) is 0. The molecule has 74 valence electrons. The van der Waals surface area contributed by atoms with Crippen LogP contribution in [0.1, 0.15) is 52.9 Å². The van der Waals surface area contributed by atoms with Crippen LogP contribution in [0, 0.1) is 0 Å². The first kappa shape index (κ1) is 12.4. The molecule has 0 fully saturated rings. The predicted molar refractivity (Wildman–Crippen MR) is 61.6 cm³/mol. The Labute approximate surface area is 79.9 Å². The highest BCUT2D eigenvalue weighted by atomic mass is 31.1. The Morgan fingerprint density at radius 3 is 1.83 bits per heavy atom. The second-order valence-electron chi connectivity index (χ2n) is 3.44. The van der Waals surface area contributed by atoms with Crippen LogP contribution >= 0.6 is 7.92 Å². The fourth-order valence-electron chi connectivity index (χ4n) is 1.48. The molecule has 0 aliphatic rings. The Morgan fingerprint density at radius 1 is 0.750 bits per heavy atom. The largest absolute Gasteiger partial charge is 0.107 e. The highest BCUT2D eigenvalue weighted by Crippen LogP contribution is 2.35. The van der Waals surface area contributed by atoms with Crippen LogP contribution in [0.2, 0.25) is 0 Å². The molecule has 0 nitrogen and oxygen atoms in total. The molecule has 0 aliphatic carbocycles. The summed E-state index contributed by atoms with van der Waals surface area (Å²) >= 11 is 0. The zero-order chi connectivity index (χ0) is 9.23. The van der Waals surface area contributed by atoms with Gasteiger partial charge in [-0.05, 0) is 24.9 Å². The van der Waals surface area contributed by atoms with E-state index in [2.05, 4.69) is 20.8 Å². The summed E-state index contributed by atoms with van der Waals surface area (Å²) in [5.41, 5.74) is 0. The monoisotopic (exact) mass is 188 g/mol. The number of rotatable bonds is 8. The minimum atomic E-state index is 0.423. The summed E-state index contributed by atoms with van der Waals surface area (Å²) in [6.07, 6.45) is 11.7. The van der Waals surface area contributed by atoms with E-state index in [0.29, 0.717) is 7.92 Å². The molecule has 0 saturated heterocycles. The zero-order valence-electron chi connectivity index (χ0n) is 9.10. The first-order valence-electron chi connectivity index (χ1n) is 5.57. The lowest BCUT2D eigenvalue weighted by atomic mass is 10.2. The van der Waals surface area contributed by atoms with Crippen molar-refractivity contribution >= 4 is 7.92 Å². The van der Waals surface area contributed by atoms with E-state index in [4.69, 9.17) is 0 Å². The van der Waals surface area contributed by atoms with Crippen LogP contribution in [0.3, 0.4) is 0 Å². The minimum absolute atomic E-state index is 0.423.